The molecule has 0 aromatic heterocycles. The molecule has 4 nitrogen and oxygen atoms in total. The van der Waals surface area contributed by atoms with Crippen LogP contribution in [0.2, 0.25) is 5.02 Å². The highest BCUT2D eigenvalue weighted by molar-refractivity contribution is 6.30. The molecule has 0 bridgehead atoms. The largest absolute Gasteiger partial charge is 0.478 e. The van der Waals surface area contributed by atoms with E-state index in [1.54, 1.807) is 30.3 Å². The third kappa shape index (κ3) is 5.77. The topological polar surface area (TPSA) is 55.8 Å². The standard InChI is InChI=1S/C25H25ClO4/c1-25(2,3)18-9-12-21(13-10-18)30-23(24(27)28)16-17-15-19(26)11-14-22(17)29-20-7-5-4-6-8-20/h4-15,23H,16H2,1-3H3,(H,27,28). The first-order valence-corrected chi connectivity index (χ1v) is 10.1. The van der Waals surface area contributed by atoms with Crippen LogP contribution >= 0.6 is 11.6 Å². The lowest BCUT2D eigenvalue weighted by Crippen LogP contribution is -2.29. The van der Waals surface area contributed by atoms with Crippen molar-refractivity contribution in [2.24, 2.45) is 0 Å². The molecule has 0 spiro atoms. The average molecular weight is 425 g/mol. The van der Waals surface area contributed by atoms with E-state index in [2.05, 4.69) is 20.8 Å². The third-order valence-electron chi connectivity index (χ3n) is 4.67. The van der Waals surface area contributed by atoms with E-state index in [4.69, 9.17) is 21.1 Å². The van der Waals surface area contributed by atoms with E-state index in [1.165, 1.54) is 0 Å². The van der Waals surface area contributed by atoms with E-state index in [0.29, 0.717) is 27.8 Å². The van der Waals surface area contributed by atoms with Crippen LogP contribution in [-0.2, 0) is 16.6 Å². The van der Waals surface area contributed by atoms with Crippen molar-refractivity contribution >= 4 is 17.6 Å². The fourth-order valence-electron chi connectivity index (χ4n) is 3.00. The molecule has 0 amide bonds. The van der Waals surface area contributed by atoms with Crippen molar-refractivity contribution < 1.29 is 19.4 Å². The Hall–Kier alpha value is -2.98. The van der Waals surface area contributed by atoms with E-state index in [-0.39, 0.29) is 11.8 Å². The summed E-state index contributed by atoms with van der Waals surface area (Å²) in [6, 6.07) is 22.0. The van der Waals surface area contributed by atoms with Gasteiger partial charge in [-0.1, -0.05) is 62.7 Å². The summed E-state index contributed by atoms with van der Waals surface area (Å²) in [4.78, 5) is 11.9. The first-order valence-electron chi connectivity index (χ1n) is 9.74. The molecule has 0 heterocycles. The highest BCUT2D eigenvalue weighted by Gasteiger charge is 2.23. The normalized spacial score (nSPS) is 12.3. The van der Waals surface area contributed by atoms with Crippen molar-refractivity contribution in [2.75, 3.05) is 0 Å². The quantitative estimate of drug-likeness (QED) is 0.470. The molecule has 0 aliphatic heterocycles. The molecule has 1 atom stereocenters. The monoisotopic (exact) mass is 424 g/mol. The second-order valence-corrected chi connectivity index (χ2v) is 8.53. The van der Waals surface area contributed by atoms with Gasteiger partial charge < -0.3 is 14.6 Å². The molecule has 0 aliphatic carbocycles. The highest BCUT2D eigenvalue weighted by Crippen LogP contribution is 2.30. The molecule has 30 heavy (non-hydrogen) atoms. The van der Waals surface area contributed by atoms with Crippen LogP contribution in [0.1, 0.15) is 31.9 Å². The van der Waals surface area contributed by atoms with Gasteiger partial charge in [0.2, 0.25) is 0 Å². The van der Waals surface area contributed by atoms with Crippen molar-refractivity contribution in [3.05, 3.63) is 88.9 Å². The summed E-state index contributed by atoms with van der Waals surface area (Å²) in [5.41, 5.74) is 1.81. The van der Waals surface area contributed by atoms with Gasteiger partial charge in [0.25, 0.3) is 0 Å². The van der Waals surface area contributed by atoms with Gasteiger partial charge in [-0.25, -0.2) is 4.79 Å². The summed E-state index contributed by atoms with van der Waals surface area (Å²) in [7, 11) is 0. The van der Waals surface area contributed by atoms with Crippen LogP contribution in [0.5, 0.6) is 17.2 Å². The Morgan fingerprint density at radius 1 is 0.967 bits per heavy atom. The fraction of sp³-hybridized carbons (Fsp3) is 0.240. The number of carbonyl (C=O) groups is 1. The van der Waals surface area contributed by atoms with Gasteiger partial charge in [0.05, 0.1) is 0 Å². The van der Waals surface area contributed by atoms with Crippen LogP contribution in [0.3, 0.4) is 0 Å². The summed E-state index contributed by atoms with van der Waals surface area (Å²) in [5, 5.41) is 10.2. The third-order valence-corrected chi connectivity index (χ3v) is 4.91. The predicted molar refractivity (Wildman–Crippen MR) is 119 cm³/mol. The summed E-state index contributed by atoms with van der Waals surface area (Å²) < 4.78 is 11.7. The number of para-hydroxylation sites is 1. The molecular weight excluding hydrogens is 400 g/mol. The Kier molecular flexibility index (Phi) is 6.68. The number of benzene rings is 3. The maximum atomic E-state index is 11.9. The number of aliphatic carboxylic acids is 1. The lowest BCUT2D eigenvalue weighted by atomic mass is 9.87. The maximum absolute atomic E-state index is 11.9. The number of hydrogen-bond donors (Lipinski definition) is 1. The number of halogens is 1. The molecule has 3 aromatic rings. The van der Waals surface area contributed by atoms with Gasteiger partial charge in [-0.05, 0) is 53.4 Å². The van der Waals surface area contributed by atoms with Gasteiger partial charge in [-0.15, -0.1) is 0 Å². The van der Waals surface area contributed by atoms with E-state index in [9.17, 15) is 9.90 Å². The van der Waals surface area contributed by atoms with Crippen LogP contribution in [0.25, 0.3) is 0 Å². The molecule has 156 valence electrons. The average Bonchev–Trinajstić information content (AvgIpc) is 2.70. The zero-order chi connectivity index (χ0) is 21.7. The molecule has 3 aromatic carbocycles. The molecule has 0 aliphatic rings. The zero-order valence-corrected chi connectivity index (χ0v) is 18.0. The molecule has 0 saturated heterocycles. The smallest absolute Gasteiger partial charge is 0.345 e. The van der Waals surface area contributed by atoms with Gasteiger partial charge in [-0.2, -0.15) is 0 Å². The van der Waals surface area contributed by atoms with Crippen LogP contribution < -0.4 is 9.47 Å². The number of ether oxygens (including phenoxy) is 2. The van der Waals surface area contributed by atoms with E-state index in [1.807, 2.05) is 42.5 Å². The molecule has 5 heteroatoms. The van der Waals surface area contributed by atoms with Crippen molar-refractivity contribution in [1.29, 1.82) is 0 Å². The number of rotatable bonds is 7. The maximum Gasteiger partial charge on any atom is 0.345 e. The van der Waals surface area contributed by atoms with E-state index >= 15 is 0 Å². The van der Waals surface area contributed by atoms with Gasteiger partial charge in [-0.3, -0.25) is 0 Å². The predicted octanol–water partition coefficient (Wildman–Crippen LogP) is 6.50. The molecule has 1 unspecified atom stereocenters. The van der Waals surface area contributed by atoms with Crippen molar-refractivity contribution in [2.45, 2.75) is 38.7 Å². The Labute approximate surface area is 182 Å². The summed E-state index contributed by atoms with van der Waals surface area (Å²) in [5.74, 6) is 0.652. The van der Waals surface area contributed by atoms with Crippen LogP contribution in [-0.4, -0.2) is 17.2 Å². The summed E-state index contributed by atoms with van der Waals surface area (Å²) in [6.07, 6.45) is -0.971. The van der Waals surface area contributed by atoms with Crippen molar-refractivity contribution in [3.63, 3.8) is 0 Å². The first kappa shape index (κ1) is 21.7. The highest BCUT2D eigenvalue weighted by atomic mass is 35.5. The molecule has 0 saturated carbocycles. The number of carboxylic acid groups (broad SMARTS) is 1. The Morgan fingerprint density at radius 2 is 1.63 bits per heavy atom. The molecule has 0 radical (unpaired) electrons. The minimum atomic E-state index is -1.08. The SMILES string of the molecule is CC(C)(C)c1ccc(OC(Cc2cc(Cl)ccc2Oc2ccccc2)C(=O)O)cc1. The first-order chi connectivity index (χ1) is 14.2. The second kappa shape index (κ2) is 9.23. The molecule has 0 fully saturated rings. The van der Waals surface area contributed by atoms with Gasteiger partial charge in [0, 0.05) is 17.0 Å². The van der Waals surface area contributed by atoms with Crippen molar-refractivity contribution in [3.8, 4) is 17.2 Å². The Balaban J connectivity index is 1.81. The van der Waals surface area contributed by atoms with Gasteiger partial charge >= 0.3 is 5.97 Å². The Morgan fingerprint density at radius 3 is 2.23 bits per heavy atom. The minimum Gasteiger partial charge on any atom is -0.478 e. The molecule has 1 N–H and O–H groups in total. The van der Waals surface area contributed by atoms with Crippen molar-refractivity contribution in [1.82, 2.24) is 0 Å². The van der Waals surface area contributed by atoms with Gasteiger partial charge in [0.15, 0.2) is 6.10 Å². The zero-order valence-electron chi connectivity index (χ0n) is 17.3. The minimum absolute atomic E-state index is 0.00912. The molecule has 3 rings (SSSR count). The Bertz CT molecular complexity index is 992. The van der Waals surface area contributed by atoms with Gasteiger partial charge in [0.1, 0.15) is 17.2 Å². The second-order valence-electron chi connectivity index (χ2n) is 8.09. The lowest BCUT2D eigenvalue weighted by molar-refractivity contribution is -0.145. The number of carboxylic acids is 1. The fourth-order valence-corrected chi connectivity index (χ4v) is 3.19. The van der Waals surface area contributed by atoms with Crippen LogP contribution in [0.15, 0.2) is 72.8 Å². The van der Waals surface area contributed by atoms with Crippen LogP contribution in [0.4, 0.5) is 0 Å². The lowest BCUT2D eigenvalue weighted by Gasteiger charge is -2.21. The summed E-state index contributed by atoms with van der Waals surface area (Å²) in [6.45, 7) is 6.36. The number of hydrogen-bond acceptors (Lipinski definition) is 3. The summed E-state index contributed by atoms with van der Waals surface area (Å²) >= 11 is 6.16. The molecular formula is C25H25ClO4. The van der Waals surface area contributed by atoms with E-state index in [0.717, 1.165) is 5.56 Å². The van der Waals surface area contributed by atoms with Crippen LogP contribution in [0, 0.1) is 0 Å². The van der Waals surface area contributed by atoms with E-state index < -0.39 is 12.1 Å².